The summed E-state index contributed by atoms with van der Waals surface area (Å²) in [5.74, 6) is -1.06. The minimum absolute atomic E-state index is 0.0251. The van der Waals surface area contributed by atoms with E-state index in [-0.39, 0.29) is 18.1 Å². The fourth-order valence-corrected chi connectivity index (χ4v) is 6.22. The molecule has 13 heteroatoms. The number of carbonyl (C=O) groups excluding carboxylic acids is 3. The molecule has 198 valence electrons. The van der Waals surface area contributed by atoms with E-state index in [1.54, 1.807) is 30.3 Å². The Morgan fingerprint density at radius 3 is 2.47 bits per heavy atom. The first-order valence-electron chi connectivity index (χ1n) is 11.1. The van der Waals surface area contributed by atoms with Crippen LogP contribution in [0.4, 0.5) is 13.2 Å². The highest BCUT2D eigenvalue weighted by Gasteiger charge is 2.54. The molecule has 0 unspecified atom stereocenters. The van der Waals surface area contributed by atoms with Crippen LogP contribution in [0.3, 0.4) is 0 Å². The van der Waals surface area contributed by atoms with E-state index in [0.717, 1.165) is 23.9 Å². The molecule has 2 aliphatic rings. The SMILES string of the molecule is COc1ccc(COC(=O)C2=C(Sc3ccc(C(F)(F)F)cc3)CS[C@@H]3[C@H](NC(=O)CC#N)C(=O)N23)cc1. The number of nitrogens with zero attached hydrogens (tertiary/aromatic N) is 2. The molecule has 1 saturated heterocycles. The van der Waals surface area contributed by atoms with Gasteiger partial charge in [0.15, 0.2) is 0 Å². The first-order valence-corrected chi connectivity index (χ1v) is 13.0. The van der Waals surface area contributed by atoms with E-state index in [0.29, 0.717) is 21.1 Å². The monoisotopic (exact) mass is 563 g/mol. The van der Waals surface area contributed by atoms with Crippen LogP contribution in [-0.4, -0.2) is 47.0 Å². The summed E-state index contributed by atoms with van der Waals surface area (Å²) in [4.78, 5) is 40.2. The van der Waals surface area contributed by atoms with Crippen molar-refractivity contribution in [3.05, 3.63) is 70.3 Å². The molecule has 0 saturated carbocycles. The van der Waals surface area contributed by atoms with Crippen LogP contribution in [0, 0.1) is 11.3 Å². The van der Waals surface area contributed by atoms with Crippen molar-refractivity contribution in [2.75, 3.05) is 12.9 Å². The average molecular weight is 564 g/mol. The highest BCUT2D eigenvalue weighted by molar-refractivity contribution is 8.06. The molecule has 0 radical (unpaired) electrons. The number of amides is 2. The molecule has 0 aromatic heterocycles. The van der Waals surface area contributed by atoms with Gasteiger partial charge in [-0.1, -0.05) is 23.9 Å². The van der Waals surface area contributed by atoms with Crippen molar-refractivity contribution in [1.82, 2.24) is 10.2 Å². The van der Waals surface area contributed by atoms with Crippen LogP contribution in [0.1, 0.15) is 17.5 Å². The summed E-state index contributed by atoms with van der Waals surface area (Å²) < 4.78 is 49.5. The third-order valence-corrected chi connectivity index (χ3v) is 8.19. The van der Waals surface area contributed by atoms with E-state index >= 15 is 0 Å². The molecule has 4 rings (SSSR count). The van der Waals surface area contributed by atoms with Crippen molar-refractivity contribution in [2.24, 2.45) is 0 Å². The zero-order valence-corrected chi connectivity index (χ0v) is 21.4. The summed E-state index contributed by atoms with van der Waals surface area (Å²) in [5.41, 5.74) is -0.153. The number of esters is 1. The third-order valence-electron chi connectivity index (χ3n) is 5.63. The van der Waals surface area contributed by atoms with Crippen LogP contribution in [0.2, 0.25) is 0 Å². The van der Waals surface area contributed by atoms with Gasteiger partial charge in [-0.05, 0) is 42.0 Å². The molecule has 0 bridgehead atoms. The van der Waals surface area contributed by atoms with Crippen molar-refractivity contribution in [3.8, 4) is 11.8 Å². The van der Waals surface area contributed by atoms with Crippen molar-refractivity contribution in [1.29, 1.82) is 5.26 Å². The van der Waals surface area contributed by atoms with E-state index in [4.69, 9.17) is 14.7 Å². The zero-order chi connectivity index (χ0) is 27.4. The molecule has 2 aromatic carbocycles. The highest BCUT2D eigenvalue weighted by atomic mass is 32.2. The largest absolute Gasteiger partial charge is 0.497 e. The zero-order valence-electron chi connectivity index (χ0n) is 19.8. The smallest absolute Gasteiger partial charge is 0.416 e. The Labute approximate surface area is 224 Å². The summed E-state index contributed by atoms with van der Waals surface area (Å²) in [6, 6.07) is 12.1. The first kappa shape index (κ1) is 27.4. The maximum Gasteiger partial charge on any atom is 0.416 e. The minimum atomic E-state index is -4.48. The molecule has 0 spiro atoms. The molecule has 2 heterocycles. The van der Waals surface area contributed by atoms with Gasteiger partial charge in [0.1, 0.15) is 35.9 Å². The van der Waals surface area contributed by atoms with Crippen molar-refractivity contribution in [2.45, 2.75) is 35.5 Å². The normalized spacial score (nSPS) is 18.7. The lowest BCUT2D eigenvalue weighted by Crippen LogP contribution is -2.70. The molecular weight excluding hydrogens is 543 g/mol. The van der Waals surface area contributed by atoms with Gasteiger partial charge in [0.05, 0.1) is 18.7 Å². The number of thioether (sulfide) groups is 2. The molecule has 8 nitrogen and oxygen atoms in total. The lowest BCUT2D eigenvalue weighted by Gasteiger charge is -2.49. The Morgan fingerprint density at radius 1 is 1.18 bits per heavy atom. The van der Waals surface area contributed by atoms with Gasteiger partial charge < -0.3 is 14.8 Å². The van der Waals surface area contributed by atoms with E-state index in [1.165, 1.54) is 35.9 Å². The Bertz CT molecular complexity index is 1310. The number of hydrogen-bond acceptors (Lipinski definition) is 8. The number of benzene rings is 2. The predicted molar refractivity (Wildman–Crippen MR) is 132 cm³/mol. The van der Waals surface area contributed by atoms with Crippen molar-refractivity contribution in [3.63, 3.8) is 0 Å². The number of methoxy groups -OCH3 is 1. The summed E-state index contributed by atoms with van der Waals surface area (Å²) in [7, 11) is 1.52. The number of rotatable bonds is 8. The van der Waals surface area contributed by atoms with Gasteiger partial charge in [0.2, 0.25) is 5.91 Å². The Kier molecular flexibility index (Phi) is 8.23. The standard InChI is InChI=1S/C25H20F3N3O5S2/c1-35-16-6-2-14(3-7-16)12-36-24(34)21-18(38-17-8-4-15(5-9-17)25(26,27)28)13-37-23-20(22(33)31(21)23)30-19(32)10-11-29/h2-9,20,23H,10,12-13H2,1H3,(H,30,32)/t20-,23-/m1/s1. The topological polar surface area (TPSA) is 109 Å². The predicted octanol–water partition coefficient (Wildman–Crippen LogP) is 4.07. The van der Waals surface area contributed by atoms with Crippen LogP contribution in [0.5, 0.6) is 5.75 Å². The fourth-order valence-electron chi connectivity index (χ4n) is 3.75. The molecule has 2 amide bonds. The molecular formula is C25H20F3N3O5S2. The summed E-state index contributed by atoms with van der Waals surface area (Å²) in [6.07, 6.45) is -4.90. The third kappa shape index (κ3) is 5.92. The van der Waals surface area contributed by atoms with E-state index < -0.39 is 47.4 Å². The molecule has 2 atom stereocenters. The number of fused-ring (bicyclic) bond motifs is 1. The minimum Gasteiger partial charge on any atom is -0.497 e. The van der Waals surface area contributed by atoms with Crippen molar-refractivity contribution >= 4 is 41.3 Å². The summed E-state index contributed by atoms with van der Waals surface area (Å²) in [6.45, 7) is -0.0905. The van der Waals surface area contributed by atoms with Gasteiger partial charge >= 0.3 is 12.1 Å². The molecule has 1 fully saturated rings. The van der Waals surface area contributed by atoms with E-state index in [1.807, 2.05) is 0 Å². The van der Waals surface area contributed by atoms with Gasteiger partial charge in [0, 0.05) is 15.6 Å². The number of alkyl halides is 3. The first-order chi connectivity index (χ1) is 18.1. The second-order valence-corrected chi connectivity index (χ2v) is 10.4. The number of ether oxygens (including phenoxy) is 2. The quantitative estimate of drug-likeness (QED) is 0.378. The van der Waals surface area contributed by atoms with Crippen LogP contribution in [0.15, 0.2) is 64.0 Å². The highest BCUT2D eigenvalue weighted by Crippen LogP contribution is 2.45. The van der Waals surface area contributed by atoms with Crippen LogP contribution >= 0.6 is 23.5 Å². The number of nitrogens with one attached hydrogen (secondary N) is 1. The Balaban J connectivity index is 1.58. The molecule has 2 aromatic rings. The van der Waals surface area contributed by atoms with Crippen LogP contribution in [-0.2, 0) is 31.9 Å². The summed E-state index contributed by atoms with van der Waals surface area (Å²) >= 11 is 2.35. The second kappa shape index (κ2) is 11.4. The maximum atomic E-state index is 13.2. The number of halogens is 3. The Hall–Kier alpha value is -3.63. The lowest BCUT2D eigenvalue weighted by atomic mass is 10.0. The average Bonchev–Trinajstić information content (AvgIpc) is 2.90. The van der Waals surface area contributed by atoms with Gasteiger partial charge in [-0.15, -0.1) is 11.8 Å². The van der Waals surface area contributed by atoms with E-state index in [2.05, 4.69) is 5.32 Å². The number of β-lactam (4-membered cyclic amide) rings is 1. The molecule has 1 N–H and O–H groups in total. The van der Waals surface area contributed by atoms with Gasteiger partial charge in [-0.25, -0.2) is 4.79 Å². The molecule has 0 aliphatic carbocycles. The Morgan fingerprint density at radius 2 is 1.87 bits per heavy atom. The maximum absolute atomic E-state index is 13.2. The van der Waals surface area contributed by atoms with Crippen LogP contribution in [0.25, 0.3) is 0 Å². The van der Waals surface area contributed by atoms with Crippen molar-refractivity contribution < 1.29 is 37.0 Å². The molecule has 2 aliphatic heterocycles. The number of nitriles is 1. The number of hydrogen-bond donors (Lipinski definition) is 1. The van der Waals surface area contributed by atoms with Gasteiger partial charge in [-0.2, -0.15) is 18.4 Å². The molecule has 38 heavy (non-hydrogen) atoms. The lowest BCUT2D eigenvalue weighted by molar-refractivity contribution is -0.153. The fraction of sp³-hybridized carbons (Fsp3) is 0.280. The van der Waals surface area contributed by atoms with Gasteiger partial charge in [-0.3, -0.25) is 14.5 Å². The summed E-state index contributed by atoms with van der Waals surface area (Å²) in [5, 5.41) is 10.6. The van der Waals surface area contributed by atoms with Gasteiger partial charge in [0.25, 0.3) is 5.91 Å². The van der Waals surface area contributed by atoms with E-state index in [9.17, 15) is 27.6 Å². The second-order valence-electron chi connectivity index (χ2n) is 8.11. The van der Waals surface area contributed by atoms with Crippen LogP contribution < -0.4 is 10.1 Å². The number of carbonyl (C=O) groups is 3.